The molecule has 0 aromatic heterocycles. The minimum Gasteiger partial charge on any atom is -0.379 e. The first-order valence-electron chi connectivity index (χ1n) is 4.73. The van der Waals surface area contributed by atoms with Crippen molar-refractivity contribution in [1.29, 1.82) is 0 Å². The highest BCUT2D eigenvalue weighted by atomic mass is 19.1. The number of rotatable bonds is 3. The Morgan fingerprint density at radius 2 is 2.14 bits per heavy atom. The van der Waals surface area contributed by atoms with Gasteiger partial charge in [0.05, 0.1) is 5.69 Å². The number of hydrogen-bond acceptors (Lipinski definition) is 1. The number of benzene rings is 1. The number of halogens is 1. The van der Waals surface area contributed by atoms with Crippen LogP contribution >= 0.6 is 0 Å². The highest BCUT2D eigenvalue weighted by Crippen LogP contribution is 2.18. The lowest BCUT2D eigenvalue weighted by Gasteiger charge is -2.08. The van der Waals surface area contributed by atoms with Crippen LogP contribution in [0.2, 0.25) is 0 Å². The molecule has 1 aromatic carbocycles. The summed E-state index contributed by atoms with van der Waals surface area (Å²) in [5.41, 5.74) is 2.77. The molecule has 0 heterocycles. The van der Waals surface area contributed by atoms with Crippen LogP contribution in [0.4, 0.5) is 10.1 Å². The molecule has 0 aliphatic heterocycles. The van der Waals surface area contributed by atoms with E-state index < -0.39 is 0 Å². The van der Waals surface area contributed by atoms with E-state index in [1.807, 2.05) is 32.9 Å². The van der Waals surface area contributed by atoms with Crippen molar-refractivity contribution in [2.45, 2.75) is 20.8 Å². The van der Waals surface area contributed by atoms with Gasteiger partial charge in [0.1, 0.15) is 5.82 Å². The third-order valence-corrected chi connectivity index (χ3v) is 2.01. The molecule has 0 fully saturated rings. The van der Waals surface area contributed by atoms with Crippen molar-refractivity contribution in [3.63, 3.8) is 0 Å². The Labute approximate surface area is 84.6 Å². The van der Waals surface area contributed by atoms with Gasteiger partial charge in [-0.15, -0.1) is 0 Å². The van der Waals surface area contributed by atoms with Gasteiger partial charge >= 0.3 is 0 Å². The Bertz CT molecular complexity index is 318. The standard InChI is InChI=1S/C12H16FN/c1-9(2)7-8-14-12-10(3)5-4-6-11(12)13/h4-7,14H,8H2,1-3H3. The maximum atomic E-state index is 13.3. The number of aryl methyl sites for hydroxylation is 1. The number of anilines is 1. The Hall–Kier alpha value is -1.31. The molecular weight excluding hydrogens is 177 g/mol. The van der Waals surface area contributed by atoms with Crippen molar-refractivity contribution < 1.29 is 4.39 Å². The molecule has 1 N–H and O–H groups in total. The SMILES string of the molecule is CC(C)=CCNc1c(C)cccc1F. The van der Waals surface area contributed by atoms with Crippen LogP contribution in [0.1, 0.15) is 19.4 Å². The second kappa shape index (κ2) is 4.80. The predicted octanol–water partition coefficient (Wildman–Crippen LogP) is 3.51. The smallest absolute Gasteiger partial charge is 0.146 e. The van der Waals surface area contributed by atoms with Crippen molar-refractivity contribution in [2.75, 3.05) is 11.9 Å². The van der Waals surface area contributed by atoms with Crippen LogP contribution in [0.3, 0.4) is 0 Å². The summed E-state index contributed by atoms with van der Waals surface area (Å²) in [5, 5.41) is 3.06. The number of allylic oxidation sites excluding steroid dienone is 1. The molecule has 0 amide bonds. The van der Waals surface area contributed by atoms with E-state index in [9.17, 15) is 4.39 Å². The lowest BCUT2D eigenvalue weighted by Crippen LogP contribution is -2.02. The van der Waals surface area contributed by atoms with Gasteiger partial charge in [0, 0.05) is 6.54 Å². The molecule has 0 aliphatic rings. The van der Waals surface area contributed by atoms with Crippen LogP contribution in [0.5, 0.6) is 0 Å². The maximum Gasteiger partial charge on any atom is 0.146 e. The van der Waals surface area contributed by atoms with Gasteiger partial charge in [-0.1, -0.05) is 23.8 Å². The second-order valence-corrected chi connectivity index (χ2v) is 3.59. The molecule has 0 bridgehead atoms. The normalized spacial score (nSPS) is 9.71. The first-order chi connectivity index (χ1) is 6.61. The Morgan fingerprint density at radius 1 is 1.43 bits per heavy atom. The first kappa shape index (κ1) is 10.8. The van der Waals surface area contributed by atoms with E-state index in [2.05, 4.69) is 5.32 Å². The number of nitrogens with one attached hydrogen (secondary N) is 1. The molecule has 76 valence electrons. The monoisotopic (exact) mass is 193 g/mol. The van der Waals surface area contributed by atoms with E-state index in [-0.39, 0.29) is 5.82 Å². The fourth-order valence-electron chi connectivity index (χ4n) is 1.21. The highest BCUT2D eigenvalue weighted by molar-refractivity contribution is 5.52. The average molecular weight is 193 g/mol. The fourth-order valence-corrected chi connectivity index (χ4v) is 1.21. The van der Waals surface area contributed by atoms with Gasteiger partial charge < -0.3 is 5.32 Å². The minimum absolute atomic E-state index is 0.188. The van der Waals surface area contributed by atoms with Gasteiger partial charge in [0.2, 0.25) is 0 Å². The molecule has 0 spiro atoms. The maximum absolute atomic E-state index is 13.3. The fraction of sp³-hybridized carbons (Fsp3) is 0.333. The number of para-hydroxylation sites is 1. The molecule has 0 saturated heterocycles. The predicted molar refractivity (Wildman–Crippen MR) is 59.1 cm³/mol. The highest BCUT2D eigenvalue weighted by Gasteiger charge is 2.02. The topological polar surface area (TPSA) is 12.0 Å². The van der Waals surface area contributed by atoms with Crippen LogP contribution in [0, 0.1) is 12.7 Å². The summed E-state index contributed by atoms with van der Waals surface area (Å²) in [6.45, 7) is 6.61. The molecule has 1 nitrogen and oxygen atoms in total. The molecule has 0 aliphatic carbocycles. The van der Waals surface area contributed by atoms with Gasteiger partial charge in [-0.3, -0.25) is 0 Å². The van der Waals surface area contributed by atoms with Crippen molar-refractivity contribution in [2.24, 2.45) is 0 Å². The Kier molecular flexibility index (Phi) is 3.69. The van der Waals surface area contributed by atoms with Crippen LogP contribution in [0.15, 0.2) is 29.8 Å². The largest absolute Gasteiger partial charge is 0.379 e. The third kappa shape index (κ3) is 2.87. The Balaban J connectivity index is 2.71. The molecule has 0 atom stereocenters. The molecule has 14 heavy (non-hydrogen) atoms. The summed E-state index contributed by atoms with van der Waals surface area (Å²) in [4.78, 5) is 0. The van der Waals surface area contributed by atoms with E-state index in [1.54, 1.807) is 6.07 Å². The van der Waals surface area contributed by atoms with Gasteiger partial charge in [0.25, 0.3) is 0 Å². The minimum atomic E-state index is -0.188. The molecule has 1 rings (SSSR count). The quantitative estimate of drug-likeness (QED) is 0.724. The third-order valence-electron chi connectivity index (χ3n) is 2.01. The summed E-state index contributed by atoms with van der Waals surface area (Å²) < 4.78 is 13.3. The molecule has 0 unspecified atom stereocenters. The number of hydrogen-bond donors (Lipinski definition) is 1. The summed E-state index contributed by atoms with van der Waals surface area (Å²) in [7, 11) is 0. The molecule has 2 heteroatoms. The first-order valence-corrected chi connectivity index (χ1v) is 4.73. The van der Waals surface area contributed by atoms with Crippen LogP contribution < -0.4 is 5.32 Å². The van der Waals surface area contributed by atoms with E-state index in [0.29, 0.717) is 12.2 Å². The summed E-state index contributed by atoms with van der Waals surface area (Å²) in [6, 6.07) is 5.09. The molecule has 1 aromatic rings. The lowest BCUT2D eigenvalue weighted by atomic mass is 10.2. The van der Waals surface area contributed by atoms with Crippen molar-refractivity contribution in [3.05, 3.63) is 41.2 Å². The van der Waals surface area contributed by atoms with E-state index in [0.717, 1.165) is 5.56 Å². The average Bonchev–Trinajstić information content (AvgIpc) is 2.09. The van der Waals surface area contributed by atoms with E-state index in [1.165, 1.54) is 11.6 Å². The zero-order valence-electron chi connectivity index (χ0n) is 8.89. The van der Waals surface area contributed by atoms with Crippen molar-refractivity contribution >= 4 is 5.69 Å². The zero-order chi connectivity index (χ0) is 10.6. The molecule has 0 saturated carbocycles. The van der Waals surface area contributed by atoms with Gasteiger partial charge in [-0.2, -0.15) is 0 Å². The molecular formula is C12H16FN. The van der Waals surface area contributed by atoms with E-state index in [4.69, 9.17) is 0 Å². The van der Waals surface area contributed by atoms with Crippen molar-refractivity contribution in [1.82, 2.24) is 0 Å². The summed E-state index contributed by atoms with van der Waals surface area (Å²) in [5.74, 6) is -0.188. The Morgan fingerprint density at radius 3 is 2.71 bits per heavy atom. The van der Waals surface area contributed by atoms with Gasteiger partial charge in [-0.05, 0) is 32.4 Å². The zero-order valence-corrected chi connectivity index (χ0v) is 8.89. The second-order valence-electron chi connectivity index (χ2n) is 3.59. The van der Waals surface area contributed by atoms with Crippen LogP contribution in [0.25, 0.3) is 0 Å². The summed E-state index contributed by atoms with van der Waals surface area (Å²) >= 11 is 0. The van der Waals surface area contributed by atoms with Gasteiger partial charge in [-0.25, -0.2) is 4.39 Å². The summed E-state index contributed by atoms with van der Waals surface area (Å²) in [6.07, 6.45) is 2.03. The van der Waals surface area contributed by atoms with Crippen molar-refractivity contribution in [3.8, 4) is 0 Å². The van der Waals surface area contributed by atoms with Crippen LogP contribution in [-0.4, -0.2) is 6.54 Å². The molecule has 0 radical (unpaired) electrons. The van der Waals surface area contributed by atoms with Gasteiger partial charge in [0.15, 0.2) is 0 Å². The van der Waals surface area contributed by atoms with Crippen LogP contribution in [-0.2, 0) is 0 Å². The van der Waals surface area contributed by atoms with E-state index >= 15 is 0 Å². The lowest BCUT2D eigenvalue weighted by molar-refractivity contribution is 0.630.